The summed E-state index contributed by atoms with van der Waals surface area (Å²) in [6.07, 6.45) is -1.71. The molecule has 3 aromatic rings. The number of nitrogens with zero attached hydrogens (tertiary/aromatic N) is 2. The Balaban J connectivity index is 1.77. The Labute approximate surface area is 166 Å². The number of aromatic nitrogens is 1. The highest BCUT2D eigenvalue weighted by Crippen LogP contribution is 2.34. The maximum Gasteiger partial charge on any atom is 0.416 e. The van der Waals surface area contributed by atoms with E-state index in [4.69, 9.17) is 0 Å². The molecule has 3 rings (SSSR count). The smallest absolute Gasteiger partial charge is 0.302 e. The number of rotatable bonds is 5. The van der Waals surface area contributed by atoms with Gasteiger partial charge in [-0.1, -0.05) is 36.1 Å². The van der Waals surface area contributed by atoms with E-state index in [1.807, 2.05) is 31.3 Å². The summed E-state index contributed by atoms with van der Waals surface area (Å²) in [6.45, 7) is 5.42. The maximum absolute atomic E-state index is 12.7. The van der Waals surface area contributed by atoms with Crippen LogP contribution in [0.2, 0.25) is 0 Å². The number of likely N-dealkylation sites (N-methyl/N-ethyl adjacent to an activating group) is 1. The third-order valence-corrected chi connectivity index (χ3v) is 5.06. The minimum absolute atomic E-state index is 0.660. The van der Waals surface area contributed by atoms with E-state index in [2.05, 4.69) is 27.7 Å². The molecule has 2 nitrogen and oxygen atoms in total. The van der Waals surface area contributed by atoms with Crippen LogP contribution in [0.4, 0.5) is 13.2 Å². The van der Waals surface area contributed by atoms with Crippen LogP contribution in [0.1, 0.15) is 17.5 Å². The summed E-state index contributed by atoms with van der Waals surface area (Å²) in [4.78, 5) is 2.14. The molecule has 0 saturated carbocycles. The van der Waals surface area contributed by atoms with Gasteiger partial charge in [-0.05, 0) is 42.8 Å². The van der Waals surface area contributed by atoms with Crippen molar-refractivity contribution in [3.8, 4) is 23.1 Å². The molecule has 1 aromatic heterocycles. The summed E-state index contributed by atoms with van der Waals surface area (Å²) in [6, 6.07) is 10.9. The van der Waals surface area contributed by atoms with Crippen LogP contribution in [0, 0.1) is 11.8 Å². The molecule has 0 radical (unpaired) electrons. The van der Waals surface area contributed by atoms with Gasteiger partial charge in [0, 0.05) is 36.0 Å². The lowest BCUT2D eigenvalue weighted by Gasteiger charge is -2.10. The van der Waals surface area contributed by atoms with Crippen molar-refractivity contribution in [2.75, 3.05) is 20.1 Å². The quantitative estimate of drug-likeness (QED) is 0.395. The fourth-order valence-corrected chi connectivity index (χ4v) is 3.60. The predicted octanol–water partition coefficient (Wildman–Crippen LogP) is 5.84. The van der Waals surface area contributed by atoms with Crippen molar-refractivity contribution < 1.29 is 13.2 Å². The van der Waals surface area contributed by atoms with Crippen LogP contribution in [0.15, 0.2) is 55.1 Å². The summed E-state index contributed by atoms with van der Waals surface area (Å²) in [5.74, 6) is 6.33. The first-order valence-corrected chi connectivity index (χ1v) is 9.51. The van der Waals surface area contributed by atoms with E-state index < -0.39 is 11.7 Å². The average molecular weight is 400 g/mol. The van der Waals surface area contributed by atoms with E-state index in [0.717, 1.165) is 47.3 Å². The molecule has 0 saturated heterocycles. The average Bonchev–Trinajstić information content (AvgIpc) is 3.08. The van der Waals surface area contributed by atoms with E-state index in [-0.39, 0.29) is 0 Å². The normalized spacial score (nSPS) is 11.5. The molecule has 0 amide bonds. The van der Waals surface area contributed by atoms with Gasteiger partial charge in [0.25, 0.3) is 0 Å². The van der Waals surface area contributed by atoms with Crippen LogP contribution in [0.25, 0.3) is 21.3 Å². The van der Waals surface area contributed by atoms with Crippen LogP contribution < -0.4 is 0 Å². The zero-order valence-corrected chi connectivity index (χ0v) is 16.2. The lowest BCUT2D eigenvalue weighted by molar-refractivity contribution is -0.137. The lowest BCUT2D eigenvalue weighted by atomic mass is 10.0. The van der Waals surface area contributed by atoms with E-state index >= 15 is 0 Å². The minimum atomic E-state index is -4.34. The van der Waals surface area contributed by atoms with Gasteiger partial charge in [-0.2, -0.15) is 17.5 Å². The summed E-state index contributed by atoms with van der Waals surface area (Å²) in [5, 5.41) is 0.918. The van der Waals surface area contributed by atoms with Gasteiger partial charge in [0.05, 0.1) is 16.0 Å². The Morgan fingerprint density at radius 3 is 2.61 bits per heavy atom. The van der Waals surface area contributed by atoms with Crippen LogP contribution in [-0.2, 0) is 6.18 Å². The molecule has 6 heteroatoms. The molecule has 0 N–H and O–H groups in total. The maximum atomic E-state index is 12.7. The third kappa shape index (κ3) is 4.80. The lowest BCUT2D eigenvalue weighted by Crippen LogP contribution is -2.18. The van der Waals surface area contributed by atoms with E-state index in [9.17, 15) is 13.2 Å². The molecular weight excluding hydrogens is 381 g/mol. The van der Waals surface area contributed by atoms with Crippen LogP contribution in [0.3, 0.4) is 0 Å². The fourth-order valence-electron chi connectivity index (χ4n) is 2.76. The van der Waals surface area contributed by atoms with Crippen molar-refractivity contribution in [3.05, 3.63) is 66.2 Å². The van der Waals surface area contributed by atoms with E-state index in [0.29, 0.717) is 11.3 Å². The molecule has 28 heavy (non-hydrogen) atoms. The summed E-state index contributed by atoms with van der Waals surface area (Å²) in [5.41, 5.74) is 1.61. The Kier molecular flexibility index (Phi) is 6.18. The van der Waals surface area contributed by atoms with Gasteiger partial charge >= 0.3 is 6.18 Å². The Morgan fingerprint density at radius 2 is 1.93 bits per heavy atom. The molecule has 0 atom stereocenters. The van der Waals surface area contributed by atoms with Gasteiger partial charge in [-0.25, -0.2) is 0 Å². The summed E-state index contributed by atoms with van der Waals surface area (Å²) in [7, 11) is 2.02. The van der Waals surface area contributed by atoms with Crippen molar-refractivity contribution in [1.82, 2.24) is 9.27 Å². The first-order chi connectivity index (χ1) is 13.4. The Morgan fingerprint density at radius 1 is 1.18 bits per heavy atom. The summed E-state index contributed by atoms with van der Waals surface area (Å²) >= 11 is 1.32. The predicted molar refractivity (Wildman–Crippen MR) is 109 cm³/mol. The van der Waals surface area contributed by atoms with Crippen molar-refractivity contribution in [2.45, 2.75) is 12.6 Å². The molecule has 2 aromatic carbocycles. The number of hydrogen-bond acceptors (Lipinski definition) is 3. The third-order valence-electron chi connectivity index (χ3n) is 4.25. The highest BCUT2D eigenvalue weighted by atomic mass is 32.1. The second-order valence-corrected chi connectivity index (χ2v) is 7.22. The molecule has 0 aliphatic heterocycles. The van der Waals surface area contributed by atoms with E-state index in [1.54, 1.807) is 0 Å². The fraction of sp³-hybridized carbons (Fsp3) is 0.227. The summed E-state index contributed by atoms with van der Waals surface area (Å²) < 4.78 is 43.6. The number of halogens is 3. The molecule has 0 spiro atoms. The second kappa shape index (κ2) is 8.59. The standard InChI is InChI=1S/C22H19F3N2S/c1-3-13-27(2)14-5-4-6-16-7-12-19-20(15-16)28-26-21(19)17-8-10-18(11-9-17)22(23,24)25/h3,7-12,15H,1,5,13-14H2,2H3. The van der Waals surface area contributed by atoms with Crippen molar-refractivity contribution >= 4 is 21.6 Å². The van der Waals surface area contributed by atoms with Gasteiger partial charge in [0.1, 0.15) is 0 Å². The van der Waals surface area contributed by atoms with E-state index in [1.165, 1.54) is 23.7 Å². The van der Waals surface area contributed by atoms with Crippen molar-refractivity contribution in [2.24, 2.45) is 0 Å². The topological polar surface area (TPSA) is 16.1 Å². The highest BCUT2D eigenvalue weighted by molar-refractivity contribution is 7.13. The number of benzene rings is 2. The van der Waals surface area contributed by atoms with Gasteiger partial charge in [0.15, 0.2) is 0 Å². The number of alkyl halides is 3. The molecule has 1 heterocycles. The first-order valence-electron chi connectivity index (χ1n) is 8.74. The zero-order valence-electron chi connectivity index (χ0n) is 15.4. The highest BCUT2D eigenvalue weighted by Gasteiger charge is 2.30. The molecule has 0 aliphatic rings. The molecule has 0 unspecified atom stereocenters. The molecule has 144 valence electrons. The van der Waals surface area contributed by atoms with Gasteiger partial charge in [-0.3, -0.25) is 0 Å². The van der Waals surface area contributed by atoms with Gasteiger partial charge < -0.3 is 4.90 Å². The van der Waals surface area contributed by atoms with Crippen molar-refractivity contribution in [1.29, 1.82) is 0 Å². The monoisotopic (exact) mass is 400 g/mol. The second-order valence-electron chi connectivity index (χ2n) is 6.42. The molecule has 0 aliphatic carbocycles. The molecule has 0 bridgehead atoms. The molecule has 0 fully saturated rings. The van der Waals surface area contributed by atoms with Gasteiger partial charge in [-0.15, -0.1) is 6.58 Å². The van der Waals surface area contributed by atoms with Gasteiger partial charge in [0.2, 0.25) is 0 Å². The number of fused-ring (bicyclic) bond motifs is 1. The first kappa shape index (κ1) is 20.1. The molecular formula is C22H19F3N2S. The number of hydrogen-bond donors (Lipinski definition) is 0. The zero-order chi connectivity index (χ0) is 20.1. The van der Waals surface area contributed by atoms with Crippen LogP contribution in [-0.4, -0.2) is 29.4 Å². The Bertz CT molecular complexity index is 1020. The van der Waals surface area contributed by atoms with Crippen molar-refractivity contribution in [3.63, 3.8) is 0 Å². The SMILES string of the molecule is C=CCN(C)CCC#Cc1ccc2c(-c3ccc(C(F)(F)F)cc3)nsc2c1. The minimum Gasteiger partial charge on any atom is -0.302 e. The Hall–Kier alpha value is -2.62. The largest absolute Gasteiger partial charge is 0.416 e. The van der Waals surface area contributed by atoms with Crippen LogP contribution in [0.5, 0.6) is 0 Å². The van der Waals surface area contributed by atoms with Crippen LogP contribution >= 0.6 is 11.5 Å².